The van der Waals surface area contributed by atoms with Gasteiger partial charge in [0.2, 0.25) is 0 Å². The van der Waals surface area contributed by atoms with Crippen molar-refractivity contribution in [3.63, 3.8) is 0 Å². The Labute approximate surface area is 57.5 Å². The second-order valence-electron chi connectivity index (χ2n) is 1.39. The highest BCUT2D eigenvalue weighted by Gasteiger charge is 1.77. The molecule has 0 fully saturated rings. The maximum atomic E-state index is 3.86. The molecule has 0 amide bonds. The summed E-state index contributed by atoms with van der Waals surface area (Å²) in [6.07, 6.45) is 5.53. The van der Waals surface area contributed by atoms with Gasteiger partial charge in [-0.25, -0.2) is 4.98 Å². The Hall–Kier alpha value is -0.790. The van der Waals surface area contributed by atoms with Gasteiger partial charge >= 0.3 is 0 Å². The summed E-state index contributed by atoms with van der Waals surface area (Å²) in [5.74, 6) is 0. The standard InChI is InChI=1S/C5H8N2.2CH4/c1-2-7-4-3-6-5-7;;/h3-5H,2H2,1H3;2*1H4. The van der Waals surface area contributed by atoms with Gasteiger partial charge in [0.15, 0.2) is 0 Å². The van der Waals surface area contributed by atoms with Crippen molar-refractivity contribution in [2.75, 3.05) is 0 Å². The van der Waals surface area contributed by atoms with Crippen LogP contribution in [0.2, 0.25) is 0 Å². The lowest BCUT2D eigenvalue weighted by Gasteiger charge is -1.87. The van der Waals surface area contributed by atoms with Crippen LogP contribution in [0.15, 0.2) is 18.7 Å². The van der Waals surface area contributed by atoms with E-state index in [0.29, 0.717) is 0 Å². The average Bonchev–Trinajstić information content (AvgIpc) is 2.14. The zero-order valence-electron chi connectivity index (χ0n) is 4.33. The number of hydrogen-bond donors (Lipinski definition) is 0. The van der Waals surface area contributed by atoms with Crippen molar-refractivity contribution in [1.82, 2.24) is 9.55 Å². The molecule has 0 spiro atoms. The molecule has 2 nitrogen and oxygen atoms in total. The maximum Gasteiger partial charge on any atom is 0.0945 e. The third kappa shape index (κ3) is 2.90. The van der Waals surface area contributed by atoms with Crippen molar-refractivity contribution < 1.29 is 0 Å². The Morgan fingerprint density at radius 1 is 1.44 bits per heavy atom. The fourth-order valence-corrected chi connectivity index (χ4v) is 0.474. The van der Waals surface area contributed by atoms with Crippen LogP contribution >= 0.6 is 0 Å². The first-order valence-corrected chi connectivity index (χ1v) is 2.39. The predicted molar refractivity (Wildman–Crippen MR) is 41.4 cm³/mol. The Bertz CT molecular complexity index is 121. The van der Waals surface area contributed by atoms with E-state index in [4.69, 9.17) is 0 Å². The molecular formula is C7H16N2. The number of imidazole rings is 1. The third-order valence-electron chi connectivity index (χ3n) is 0.924. The van der Waals surface area contributed by atoms with E-state index in [9.17, 15) is 0 Å². The van der Waals surface area contributed by atoms with Crippen molar-refractivity contribution >= 4 is 0 Å². The number of aromatic nitrogens is 2. The second-order valence-corrected chi connectivity index (χ2v) is 1.39. The lowest BCUT2D eigenvalue weighted by molar-refractivity contribution is 0.761. The SMILES string of the molecule is C.C.CCn1ccnc1. The number of aryl methyl sites for hydroxylation is 1. The van der Waals surface area contributed by atoms with Gasteiger partial charge in [0, 0.05) is 18.9 Å². The molecule has 0 aromatic carbocycles. The van der Waals surface area contributed by atoms with Crippen molar-refractivity contribution in [2.24, 2.45) is 0 Å². The molecular weight excluding hydrogens is 112 g/mol. The molecule has 0 aliphatic rings. The molecule has 1 rings (SSSR count). The highest BCUT2D eigenvalue weighted by atomic mass is 15.0. The monoisotopic (exact) mass is 128 g/mol. The highest BCUT2D eigenvalue weighted by Crippen LogP contribution is 1.81. The van der Waals surface area contributed by atoms with E-state index in [1.807, 2.05) is 10.8 Å². The van der Waals surface area contributed by atoms with Gasteiger partial charge in [0.25, 0.3) is 0 Å². The van der Waals surface area contributed by atoms with E-state index in [1.54, 1.807) is 12.5 Å². The van der Waals surface area contributed by atoms with Crippen LogP contribution in [0, 0.1) is 0 Å². The molecule has 0 atom stereocenters. The molecule has 0 bridgehead atoms. The molecule has 0 N–H and O–H groups in total. The molecule has 2 heteroatoms. The van der Waals surface area contributed by atoms with Crippen molar-refractivity contribution in [3.05, 3.63) is 18.7 Å². The maximum absolute atomic E-state index is 3.86. The summed E-state index contributed by atoms with van der Waals surface area (Å²) in [5.41, 5.74) is 0. The summed E-state index contributed by atoms with van der Waals surface area (Å²) in [6, 6.07) is 0. The first-order valence-electron chi connectivity index (χ1n) is 2.39. The molecule has 1 heterocycles. The highest BCUT2D eigenvalue weighted by molar-refractivity contribution is 4.72. The van der Waals surface area contributed by atoms with Crippen LogP contribution in [0.5, 0.6) is 0 Å². The average molecular weight is 128 g/mol. The van der Waals surface area contributed by atoms with Crippen LogP contribution in [0.1, 0.15) is 21.8 Å². The van der Waals surface area contributed by atoms with Gasteiger partial charge in [0.1, 0.15) is 0 Å². The molecule has 0 aliphatic heterocycles. The lowest BCUT2D eigenvalue weighted by atomic mass is 10.7. The molecule has 0 unspecified atom stereocenters. The van der Waals surface area contributed by atoms with Crippen LogP contribution in [-0.2, 0) is 6.54 Å². The van der Waals surface area contributed by atoms with Crippen LogP contribution in [0.3, 0.4) is 0 Å². The van der Waals surface area contributed by atoms with Gasteiger partial charge in [-0.2, -0.15) is 0 Å². The summed E-state index contributed by atoms with van der Waals surface area (Å²) >= 11 is 0. The zero-order valence-corrected chi connectivity index (χ0v) is 4.33. The largest absolute Gasteiger partial charge is 0.338 e. The number of rotatable bonds is 1. The van der Waals surface area contributed by atoms with E-state index < -0.39 is 0 Å². The topological polar surface area (TPSA) is 17.8 Å². The Balaban J connectivity index is 0. The van der Waals surface area contributed by atoms with E-state index in [2.05, 4.69) is 11.9 Å². The van der Waals surface area contributed by atoms with Crippen LogP contribution in [0.4, 0.5) is 0 Å². The van der Waals surface area contributed by atoms with Crippen molar-refractivity contribution in [2.45, 2.75) is 28.3 Å². The fourth-order valence-electron chi connectivity index (χ4n) is 0.474. The molecule has 0 aliphatic carbocycles. The van der Waals surface area contributed by atoms with Gasteiger partial charge in [-0.15, -0.1) is 0 Å². The molecule has 0 saturated heterocycles. The first kappa shape index (κ1) is 11.1. The Morgan fingerprint density at radius 2 is 2.11 bits per heavy atom. The van der Waals surface area contributed by atoms with Gasteiger partial charge in [0.05, 0.1) is 6.33 Å². The molecule has 9 heavy (non-hydrogen) atoms. The van der Waals surface area contributed by atoms with Gasteiger partial charge in [-0.05, 0) is 6.92 Å². The minimum absolute atomic E-state index is 0. The summed E-state index contributed by atoms with van der Waals surface area (Å²) in [5, 5.41) is 0. The zero-order chi connectivity index (χ0) is 5.11. The molecule has 54 valence electrons. The third-order valence-corrected chi connectivity index (χ3v) is 0.924. The smallest absolute Gasteiger partial charge is 0.0945 e. The first-order chi connectivity index (χ1) is 3.43. The summed E-state index contributed by atoms with van der Waals surface area (Å²) in [7, 11) is 0. The van der Waals surface area contributed by atoms with Crippen molar-refractivity contribution in [3.8, 4) is 0 Å². The molecule has 1 aromatic rings. The quantitative estimate of drug-likeness (QED) is 0.566. The minimum atomic E-state index is 0. The van der Waals surface area contributed by atoms with Gasteiger partial charge < -0.3 is 4.57 Å². The number of hydrogen-bond acceptors (Lipinski definition) is 1. The van der Waals surface area contributed by atoms with E-state index >= 15 is 0 Å². The summed E-state index contributed by atoms with van der Waals surface area (Å²) in [6.45, 7) is 3.10. The predicted octanol–water partition coefficient (Wildman–Crippen LogP) is 2.18. The van der Waals surface area contributed by atoms with E-state index in [-0.39, 0.29) is 14.9 Å². The second kappa shape index (κ2) is 5.35. The summed E-state index contributed by atoms with van der Waals surface area (Å²) in [4.78, 5) is 3.86. The minimum Gasteiger partial charge on any atom is -0.338 e. The van der Waals surface area contributed by atoms with Gasteiger partial charge in [-0.1, -0.05) is 14.9 Å². The molecule has 0 radical (unpaired) electrons. The van der Waals surface area contributed by atoms with Crippen molar-refractivity contribution in [1.29, 1.82) is 0 Å². The molecule has 1 aromatic heterocycles. The number of nitrogens with zero attached hydrogens (tertiary/aromatic N) is 2. The Kier molecular flexibility index (Phi) is 6.58. The fraction of sp³-hybridized carbons (Fsp3) is 0.571. The lowest BCUT2D eigenvalue weighted by Crippen LogP contribution is -1.85. The Morgan fingerprint density at radius 3 is 2.33 bits per heavy atom. The summed E-state index contributed by atoms with van der Waals surface area (Å²) < 4.78 is 2.01. The van der Waals surface area contributed by atoms with E-state index in [0.717, 1.165) is 6.54 Å². The van der Waals surface area contributed by atoms with Gasteiger partial charge in [-0.3, -0.25) is 0 Å². The van der Waals surface area contributed by atoms with Crippen LogP contribution in [0.25, 0.3) is 0 Å². The van der Waals surface area contributed by atoms with E-state index in [1.165, 1.54) is 0 Å². The molecule has 0 saturated carbocycles. The normalized spacial score (nSPS) is 7.22. The van der Waals surface area contributed by atoms with Crippen LogP contribution < -0.4 is 0 Å². The van der Waals surface area contributed by atoms with Crippen LogP contribution in [-0.4, -0.2) is 9.55 Å².